The molecule has 2 atom stereocenters. The third-order valence-electron chi connectivity index (χ3n) is 3.36. The van der Waals surface area contributed by atoms with Gasteiger partial charge in [0.1, 0.15) is 6.10 Å². The van der Waals surface area contributed by atoms with E-state index < -0.39 is 0 Å². The maximum Gasteiger partial charge on any atom is 0.165 e. The summed E-state index contributed by atoms with van der Waals surface area (Å²) in [5, 5.41) is 3.41. The van der Waals surface area contributed by atoms with Gasteiger partial charge in [-0.2, -0.15) is 0 Å². The molecule has 1 heterocycles. The van der Waals surface area contributed by atoms with Crippen LogP contribution in [0.1, 0.15) is 24.9 Å². The number of halogens is 1. The molecule has 2 unspecified atom stereocenters. The normalized spacial score (nSPS) is 20.6. The van der Waals surface area contributed by atoms with Crippen LogP contribution in [0.3, 0.4) is 0 Å². The van der Waals surface area contributed by atoms with Gasteiger partial charge in [-0.3, -0.25) is 0 Å². The molecular weight excluding hydrogens is 261 g/mol. The van der Waals surface area contributed by atoms with E-state index in [0.717, 1.165) is 18.5 Å². The van der Waals surface area contributed by atoms with E-state index in [9.17, 15) is 4.39 Å². The molecule has 0 saturated carbocycles. The first kappa shape index (κ1) is 15.2. The Morgan fingerprint density at radius 1 is 1.45 bits per heavy atom. The molecule has 0 radical (unpaired) electrons. The van der Waals surface area contributed by atoms with Crippen LogP contribution in [0.4, 0.5) is 4.39 Å². The van der Waals surface area contributed by atoms with Crippen LogP contribution in [0, 0.1) is 5.82 Å². The molecule has 1 saturated heterocycles. The lowest BCUT2D eigenvalue weighted by atomic mass is 10.0. The molecule has 0 spiro atoms. The molecule has 1 aliphatic heterocycles. The summed E-state index contributed by atoms with van der Waals surface area (Å²) in [6.07, 6.45) is 0.908. The van der Waals surface area contributed by atoms with Gasteiger partial charge in [-0.1, -0.05) is 13.0 Å². The minimum absolute atomic E-state index is 0.0735. The molecule has 112 valence electrons. The Labute approximate surface area is 119 Å². The van der Waals surface area contributed by atoms with Crippen molar-refractivity contribution in [2.45, 2.75) is 25.5 Å². The van der Waals surface area contributed by atoms with Gasteiger partial charge in [0, 0.05) is 0 Å². The lowest BCUT2D eigenvalue weighted by Gasteiger charge is -2.31. The first-order chi connectivity index (χ1) is 9.76. The highest BCUT2D eigenvalue weighted by atomic mass is 19.1. The zero-order chi connectivity index (χ0) is 14.4. The van der Waals surface area contributed by atoms with E-state index in [1.807, 2.05) is 6.07 Å². The highest BCUT2D eigenvalue weighted by molar-refractivity contribution is 5.31. The van der Waals surface area contributed by atoms with Crippen molar-refractivity contribution in [3.8, 4) is 5.75 Å². The second kappa shape index (κ2) is 7.57. The van der Waals surface area contributed by atoms with Crippen LogP contribution in [0.2, 0.25) is 0 Å². The van der Waals surface area contributed by atoms with Crippen molar-refractivity contribution in [3.63, 3.8) is 0 Å². The van der Waals surface area contributed by atoms with Gasteiger partial charge in [-0.05, 0) is 30.7 Å². The predicted octanol–water partition coefficient (Wildman–Crippen LogP) is 2.29. The van der Waals surface area contributed by atoms with Gasteiger partial charge < -0.3 is 19.5 Å². The van der Waals surface area contributed by atoms with Gasteiger partial charge in [0.15, 0.2) is 11.6 Å². The van der Waals surface area contributed by atoms with Crippen molar-refractivity contribution in [2.24, 2.45) is 0 Å². The van der Waals surface area contributed by atoms with Gasteiger partial charge in [0.25, 0.3) is 0 Å². The molecule has 0 bridgehead atoms. The van der Waals surface area contributed by atoms with E-state index in [1.165, 1.54) is 13.2 Å². The van der Waals surface area contributed by atoms with Crippen LogP contribution in [-0.4, -0.2) is 39.6 Å². The summed E-state index contributed by atoms with van der Waals surface area (Å²) in [6.45, 7) is 4.66. The second-order valence-electron chi connectivity index (χ2n) is 4.81. The van der Waals surface area contributed by atoms with Gasteiger partial charge in [-0.25, -0.2) is 4.39 Å². The Balaban J connectivity index is 2.18. The van der Waals surface area contributed by atoms with E-state index in [-0.39, 0.29) is 23.7 Å². The van der Waals surface area contributed by atoms with Crippen LogP contribution in [0.25, 0.3) is 0 Å². The maximum atomic E-state index is 13.9. The molecule has 1 aliphatic rings. The van der Waals surface area contributed by atoms with E-state index >= 15 is 0 Å². The van der Waals surface area contributed by atoms with Crippen LogP contribution >= 0.6 is 0 Å². The summed E-state index contributed by atoms with van der Waals surface area (Å²) >= 11 is 0. The van der Waals surface area contributed by atoms with Crippen LogP contribution in [0.15, 0.2) is 18.2 Å². The number of hydrogen-bond acceptors (Lipinski definition) is 4. The second-order valence-corrected chi connectivity index (χ2v) is 4.81. The van der Waals surface area contributed by atoms with Gasteiger partial charge in [0.05, 0.1) is 33.0 Å². The van der Waals surface area contributed by atoms with Crippen LogP contribution in [0.5, 0.6) is 5.75 Å². The van der Waals surface area contributed by atoms with Crippen LogP contribution in [-0.2, 0) is 9.47 Å². The number of ether oxygens (including phenoxy) is 3. The lowest BCUT2D eigenvalue weighted by Crippen LogP contribution is -2.40. The van der Waals surface area contributed by atoms with Crippen molar-refractivity contribution in [2.75, 3.05) is 33.5 Å². The average molecular weight is 283 g/mol. The molecule has 0 amide bonds. The predicted molar refractivity (Wildman–Crippen MR) is 74.5 cm³/mol. The maximum absolute atomic E-state index is 13.9. The molecule has 1 N–H and O–H groups in total. The van der Waals surface area contributed by atoms with Crippen molar-refractivity contribution in [1.29, 1.82) is 0 Å². The molecular formula is C15H22FNO3. The summed E-state index contributed by atoms with van der Waals surface area (Å²) in [5.74, 6) is -0.103. The van der Waals surface area contributed by atoms with Crippen molar-refractivity contribution < 1.29 is 18.6 Å². The zero-order valence-electron chi connectivity index (χ0n) is 12.0. The molecule has 4 nitrogen and oxygen atoms in total. The third kappa shape index (κ3) is 3.69. The fraction of sp³-hybridized carbons (Fsp3) is 0.600. The standard InChI is InChI=1S/C15H22FNO3/c1-3-6-17-15(14-10-19-7-8-20-14)11-4-5-13(18-2)12(16)9-11/h4-5,9,14-15,17H,3,6-8,10H2,1-2H3. The molecule has 0 aliphatic carbocycles. The minimum Gasteiger partial charge on any atom is -0.494 e. The fourth-order valence-corrected chi connectivity index (χ4v) is 2.34. The fourth-order valence-electron chi connectivity index (χ4n) is 2.34. The highest BCUT2D eigenvalue weighted by Gasteiger charge is 2.26. The summed E-state index contributed by atoms with van der Waals surface area (Å²) in [4.78, 5) is 0. The zero-order valence-corrected chi connectivity index (χ0v) is 12.0. The Morgan fingerprint density at radius 2 is 2.30 bits per heavy atom. The van der Waals surface area contributed by atoms with E-state index in [0.29, 0.717) is 19.8 Å². The molecule has 2 rings (SSSR count). The Kier molecular flexibility index (Phi) is 5.76. The topological polar surface area (TPSA) is 39.7 Å². The van der Waals surface area contributed by atoms with Crippen molar-refractivity contribution in [1.82, 2.24) is 5.32 Å². The van der Waals surface area contributed by atoms with Crippen molar-refractivity contribution >= 4 is 0 Å². The molecule has 1 fully saturated rings. The van der Waals surface area contributed by atoms with Gasteiger partial charge >= 0.3 is 0 Å². The molecule has 1 aromatic carbocycles. The first-order valence-electron chi connectivity index (χ1n) is 7.02. The number of hydrogen-bond donors (Lipinski definition) is 1. The first-order valence-corrected chi connectivity index (χ1v) is 7.02. The van der Waals surface area contributed by atoms with Gasteiger partial charge in [0.2, 0.25) is 0 Å². The van der Waals surface area contributed by atoms with E-state index in [1.54, 1.807) is 6.07 Å². The van der Waals surface area contributed by atoms with E-state index in [4.69, 9.17) is 14.2 Å². The van der Waals surface area contributed by atoms with Crippen LogP contribution < -0.4 is 10.1 Å². The van der Waals surface area contributed by atoms with E-state index in [2.05, 4.69) is 12.2 Å². The quantitative estimate of drug-likeness (QED) is 0.869. The number of nitrogens with one attached hydrogen (secondary N) is 1. The largest absolute Gasteiger partial charge is 0.494 e. The Hall–Kier alpha value is -1.17. The minimum atomic E-state index is -0.356. The smallest absolute Gasteiger partial charge is 0.165 e. The average Bonchev–Trinajstić information content (AvgIpc) is 2.49. The Morgan fingerprint density at radius 3 is 2.90 bits per heavy atom. The summed E-state index contributed by atoms with van der Waals surface area (Å²) < 4.78 is 30.0. The van der Waals surface area contributed by atoms with Gasteiger partial charge in [-0.15, -0.1) is 0 Å². The molecule has 5 heteroatoms. The molecule has 20 heavy (non-hydrogen) atoms. The third-order valence-corrected chi connectivity index (χ3v) is 3.36. The van der Waals surface area contributed by atoms with Crippen molar-refractivity contribution in [3.05, 3.63) is 29.6 Å². The molecule has 1 aromatic rings. The monoisotopic (exact) mass is 283 g/mol. The number of benzene rings is 1. The highest BCUT2D eigenvalue weighted by Crippen LogP contribution is 2.26. The Bertz CT molecular complexity index is 422. The number of rotatable bonds is 6. The summed E-state index contributed by atoms with van der Waals surface area (Å²) in [7, 11) is 1.46. The lowest BCUT2D eigenvalue weighted by molar-refractivity contribution is -0.102. The summed E-state index contributed by atoms with van der Waals surface area (Å²) in [5.41, 5.74) is 0.854. The summed E-state index contributed by atoms with van der Waals surface area (Å²) in [6, 6.07) is 4.95. The molecule has 0 aromatic heterocycles. The number of methoxy groups -OCH3 is 1. The SMILES string of the molecule is CCCNC(c1ccc(OC)c(F)c1)C1COCCO1.